The van der Waals surface area contributed by atoms with Crippen LogP contribution in [0.5, 0.6) is 0 Å². The molecule has 0 amide bonds. The molecule has 0 spiro atoms. The average molecular weight is 328 g/mol. The Morgan fingerprint density at radius 1 is 1.21 bits per heavy atom. The van der Waals surface area contributed by atoms with Crippen molar-refractivity contribution >= 4 is 29.0 Å². The molecule has 0 atom stereocenters. The first kappa shape index (κ1) is 15.7. The van der Waals surface area contributed by atoms with E-state index in [4.69, 9.17) is 22.6 Å². The highest BCUT2D eigenvalue weighted by Crippen LogP contribution is 2.36. The van der Waals surface area contributed by atoms with Crippen molar-refractivity contribution in [1.82, 2.24) is 4.98 Å². The first-order valence-electron chi connectivity index (χ1n) is 7.39. The first-order chi connectivity index (χ1) is 11.5. The van der Waals surface area contributed by atoms with Gasteiger partial charge in [-0.15, -0.1) is 0 Å². The Hall–Kier alpha value is -3.16. The van der Waals surface area contributed by atoms with Gasteiger partial charge in [0.05, 0.1) is 22.8 Å². The van der Waals surface area contributed by atoms with Crippen molar-refractivity contribution in [3.63, 3.8) is 0 Å². The van der Waals surface area contributed by atoms with Crippen LogP contribution in [0.4, 0.5) is 21.5 Å². The second-order valence-corrected chi connectivity index (χ2v) is 5.53. The molecule has 24 heavy (non-hydrogen) atoms. The number of aromatic amines is 1. The highest BCUT2D eigenvalue weighted by atomic mass is 19.1. The molecular formula is C16H17FN6O. The monoisotopic (exact) mass is 328 g/mol. The normalized spacial score (nSPS) is 13.8. The Morgan fingerprint density at radius 3 is 2.58 bits per heavy atom. The fraction of sp³-hybridized carbons (Fsp3) is 0.188. The van der Waals surface area contributed by atoms with Gasteiger partial charge in [0.15, 0.2) is 0 Å². The standard InChI is InChI=1S/C16H17FN6O/c17-9-4-3-7(8(6-18)12(9)19)11-13(20)15(10-2-1-5-22-10)23-16(24)14(11)21/h3-4,6,18H,1-2,5,19-21H2,(H,23,24). The Morgan fingerprint density at radius 2 is 1.96 bits per heavy atom. The van der Waals surface area contributed by atoms with E-state index in [0.717, 1.165) is 18.7 Å². The quantitative estimate of drug-likeness (QED) is 0.429. The predicted molar refractivity (Wildman–Crippen MR) is 94.2 cm³/mol. The number of benzene rings is 1. The Kier molecular flexibility index (Phi) is 3.80. The van der Waals surface area contributed by atoms with Crippen molar-refractivity contribution in [1.29, 1.82) is 5.41 Å². The highest BCUT2D eigenvalue weighted by molar-refractivity contribution is 6.09. The molecule has 0 unspecified atom stereocenters. The minimum atomic E-state index is -0.653. The molecule has 0 aliphatic carbocycles. The number of aromatic nitrogens is 1. The largest absolute Gasteiger partial charge is 0.396 e. The van der Waals surface area contributed by atoms with E-state index >= 15 is 0 Å². The number of nitrogens with zero attached hydrogens (tertiary/aromatic N) is 1. The van der Waals surface area contributed by atoms with E-state index in [9.17, 15) is 9.18 Å². The molecule has 3 rings (SSSR count). The van der Waals surface area contributed by atoms with Gasteiger partial charge in [0.2, 0.25) is 0 Å². The van der Waals surface area contributed by atoms with Crippen LogP contribution in [0.15, 0.2) is 21.9 Å². The van der Waals surface area contributed by atoms with Crippen molar-refractivity contribution in [2.24, 2.45) is 4.99 Å². The summed E-state index contributed by atoms with van der Waals surface area (Å²) < 4.78 is 13.7. The summed E-state index contributed by atoms with van der Waals surface area (Å²) in [6, 6.07) is 2.57. The van der Waals surface area contributed by atoms with Crippen LogP contribution in [0.3, 0.4) is 0 Å². The van der Waals surface area contributed by atoms with Crippen LogP contribution in [-0.2, 0) is 0 Å². The topological polar surface area (TPSA) is 147 Å². The fourth-order valence-electron chi connectivity index (χ4n) is 2.88. The maximum Gasteiger partial charge on any atom is 0.272 e. The van der Waals surface area contributed by atoms with E-state index < -0.39 is 11.4 Å². The number of anilines is 3. The van der Waals surface area contributed by atoms with E-state index in [2.05, 4.69) is 9.98 Å². The average Bonchev–Trinajstić information content (AvgIpc) is 3.09. The molecule has 7 nitrogen and oxygen atoms in total. The first-order valence-corrected chi connectivity index (χ1v) is 7.39. The lowest BCUT2D eigenvalue weighted by Crippen LogP contribution is -2.21. The summed E-state index contributed by atoms with van der Waals surface area (Å²) in [7, 11) is 0. The third-order valence-corrected chi connectivity index (χ3v) is 4.10. The summed E-state index contributed by atoms with van der Waals surface area (Å²) >= 11 is 0. The zero-order chi connectivity index (χ0) is 17.4. The number of aliphatic imine (C=N–C) groups is 1. The maximum atomic E-state index is 13.7. The molecule has 0 bridgehead atoms. The Bertz CT molecular complexity index is 931. The van der Waals surface area contributed by atoms with Gasteiger partial charge in [0.1, 0.15) is 11.5 Å². The maximum absolute atomic E-state index is 13.7. The lowest BCUT2D eigenvalue weighted by molar-refractivity contribution is 0.632. The van der Waals surface area contributed by atoms with Gasteiger partial charge in [-0.2, -0.15) is 0 Å². The van der Waals surface area contributed by atoms with Crippen LogP contribution in [0, 0.1) is 11.2 Å². The summed E-state index contributed by atoms with van der Waals surface area (Å²) in [4.78, 5) is 19.2. The number of nitrogens with one attached hydrogen (secondary N) is 2. The molecule has 124 valence electrons. The van der Waals surface area contributed by atoms with Crippen LogP contribution in [0.1, 0.15) is 24.1 Å². The molecule has 1 aliphatic heterocycles. The number of hydrogen-bond acceptors (Lipinski definition) is 6. The molecule has 0 saturated carbocycles. The van der Waals surface area contributed by atoms with Gasteiger partial charge in [-0.1, -0.05) is 6.07 Å². The lowest BCUT2D eigenvalue weighted by atomic mass is 9.94. The SMILES string of the molecule is N=Cc1c(-c2c(N)c(C3=NCCC3)[nH]c(=O)c2N)ccc(F)c1N. The van der Waals surface area contributed by atoms with Gasteiger partial charge in [-0.25, -0.2) is 4.39 Å². The van der Waals surface area contributed by atoms with Gasteiger partial charge in [0.25, 0.3) is 5.56 Å². The van der Waals surface area contributed by atoms with Crippen LogP contribution in [-0.4, -0.2) is 23.5 Å². The van der Waals surface area contributed by atoms with Crippen molar-refractivity contribution in [2.45, 2.75) is 12.8 Å². The second-order valence-electron chi connectivity index (χ2n) is 5.53. The third kappa shape index (κ3) is 2.32. The molecule has 8 heteroatoms. The fourth-order valence-corrected chi connectivity index (χ4v) is 2.88. The molecule has 1 aromatic heterocycles. The van der Waals surface area contributed by atoms with Crippen molar-refractivity contribution < 1.29 is 4.39 Å². The molecule has 1 aromatic carbocycles. The lowest BCUT2D eigenvalue weighted by Gasteiger charge is -2.16. The third-order valence-electron chi connectivity index (χ3n) is 4.10. The molecular weight excluding hydrogens is 311 g/mol. The van der Waals surface area contributed by atoms with Gasteiger partial charge < -0.3 is 27.6 Å². The molecule has 2 heterocycles. The van der Waals surface area contributed by atoms with E-state index in [1.54, 1.807) is 0 Å². The number of hydrogen-bond donors (Lipinski definition) is 5. The molecule has 8 N–H and O–H groups in total. The van der Waals surface area contributed by atoms with E-state index in [-0.39, 0.29) is 28.2 Å². The number of pyridine rings is 1. The zero-order valence-electron chi connectivity index (χ0n) is 12.8. The number of nitrogen functional groups attached to an aromatic ring is 3. The zero-order valence-corrected chi connectivity index (χ0v) is 12.8. The second kappa shape index (κ2) is 5.80. The minimum absolute atomic E-state index is 0.107. The van der Waals surface area contributed by atoms with Crippen molar-refractivity contribution in [3.8, 4) is 11.1 Å². The minimum Gasteiger partial charge on any atom is -0.396 e. The van der Waals surface area contributed by atoms with E-state index in [0.29, 0.717) is 29.9 Å². The van der Waals surface area contributed by atoms with Gasteiger partial charge in [-0.3, -0.25) is 9.79 Å². The number of halogens is 1. The molecule has 2 aromatic rings. The van der Waals surface area contributed by atoms with Crippen LogP contribution in [0.25, 0.3) is 11.1 Å². The molecule has 1 aliphatic rings. The number of H-pyrrole nitrogens is 1. The van der Waals surface area contributed by atoms with Crippen LogP contribution >= 0.6 is 0 Å². The van der Waals surface area contributed by atoms with Gasteiger partial charge in [-0.05, 0) is 24.5 Å². The number of nitrogens with two attached hydrogens (primary N) is 3. The molecule has 0 fully saturated rings. The van der Waals surface area contributed by atoms with Crippen LogP contribution < -0.4 is 22.8 Å². The summed E-state index contributed by atoms with van der Waals surface area (Å²) in [6.07, 6.45) is 2.50. The van der Waals surface area contributed by atoms with Crippen LogP contribution in [0.2, 0.25) is 0 Å². The van der Waals surface area contributed by atoms with E-state index in [1.807, 2.05) is 0 Å². The Labute approximate surface area is 136 Å². The van der Waals surface area contributed by atoms with Gasteiger partial charge in [0, 0.05) is 23.9 Å². The summed E-state index contributed by atoms with van der Waals surface area (Å²) in [5.41, 5.74) is 19.1. The summed E-state index contributed by atoms with van der Waals surface area (Å²) in [6.45, 7) is 0.672. The summed E-state index contributed by atoms with van der Waals surface area (Å²) in [5, 5.41) is 7.52. The highest BCUT2D eigenvalue weighted by Gasteiger charge is 2.22. The summed E-state index contributed by atoms with van der Waals surface area (Å²) in [5.74, 6) is -0.653. The van der Waals surface area contributed by atoms with Gasteiger partial charge >= 0.3 is 0 Å². The molecule has 0 radical (unpaired) electrons. The van der Waals surface area contributed by atoms with E-state index in [1.165, 1.54) is 6.07 Å². The van der Waals surface area contributed by atoms with Crippen molar-refractivity contribution in [2.75, 3.05) is 23.7 Å². The molecule has 0 saturated heterocycles. The number of rotatable bonds is 3. The Balaban J connectivity index is 2.35. The smallest absolute Gasteiger partial charge is 0.272 e. The van der Waals surface area contributed by atoms with Crippen molar-refractivity contribution in [3.05, 3.63) is 39.6 Å². The predicted octanol–water partition coefficient (Wildman–Crippen LogP) is 1.51.